The van der Waals surface area contributed by atoms with E-state index >= 15 is 0 Å². The standard InChI is InChI=1S/C23H28FNO5/c1-13(2)22-19(9-8-17(27)10-18(28)11-21(29)30)23(25-14(3)20(22)12-26)15-4-6-16(24)7-5-15/h4-9,13,17-18,26-28H,10-12H2,1-3H3,(H,29,30)/b9-8+. The third-order valence-corrected chi connectivity index (χ3v) is 4.85. The zero-order valence-electron chi connectivity index (χ0n) is 17.3. The first kappa shape index (κ1) is 23.7. The number of aryl methyl sites for hydroxylation is 1. The maximum Gasteiger partial charge on any atom is 0.305 e. The third-order valence-electron chi connectivity index (χ3n) is 4.85. The SMILES string of the molecule is Cc1nc(-c2ccc(F)cc2)c(/C=C/C(O)CC(O)CC(=O)O)c(C(C)C)c1CO. The minimum absolute atomic E-state index is 0.0300. The lowest BCUT2D eigenvalue weighted by atomic mass is 9.88. The molecule has 6 nitrogen and oxygen atoms in total. The number of aliphatic hydroxyl groups is 3. The molecule has 0 saturated carbocycles. The lowest BCUT2D eigenvalue weighted by molar-refractivity contribution is -0.139. The second kappa shape index (κ2) is 10.4. The number of pyridine rings is 1. The van der Waals surface area contributed by atoms with Gasteiger partial charge in [0.1, 0.15) is 5.82 Å². The Morgan fingerprint density at radius 1 is 1.20 bits per heavy atom. The van der Waals surface area contributed by atoms with E-state index in [2.05, 4.69) is 4.98 Å². The first-order valence-electron chi connectivity index (χ1n) is 9.80. The highest BCUT2D eigenvalue weighted by atomic mass is 19.1. The number of carbonyl (C=O) groups is 1. The van der Waals surface area contributed by atoms with Crippen LogP contribution < -0.4 is 0 Å². The first-order valence-corrected chi connectivity index (χ1v) is 9.80. The number of benzene rings is 1. The summed E-state index contributed by atoms with van der Waals surface area (Å²) in [5.74, 6) is -1.48. The molecule has 1 aromatic carbocycles. The van der Waals surface area contributed by atoms with E-state index in [4.69, 9.17) is 5.11 Å². The van der Waals surface area contributed by atoms with Gasteiger partial charge in [-0.15, -0.1) is 0 Å². The Bertz CT molecular complexity index is 909. The second-order valence-electron chi connectivity index (χ2n) is 7.59. The fraction of sp³-hybridized carbons (Fsp3) is 0.391. The molecule has 7 heteroatoms. The van der Waals surface area contributed by atoms with Crippen LogP contribution in [0.3, 0.4) is 0 Å². The molecule has 0 aliphatic carbocycles. The van der Waals surface area contributed by atoms with Gasteiger partial charge in [-0.25, -0.2) is 4.39 Å². The van der Waals surface area contributed by atoms with Crippen LogP contribution in [0.4, 0.5) is 4.39 Å². The van der Waals surface area contributed by atoms with E-state index in [0.717, 1.165) is 5.56 Å². The van der Waals surface area contributed by atoms with Crippen molar-refractivity contribution in [1.82, 2.24) is 4.98 Å². The van der Waals surface area contributed by atoms with E-state index < -0.39 is 24.6 Å². The zero-order valence-corrected chi connectivity index (χ0v) is 17.3. The molecule has 4 N–H and O–H groups in total. The second-order valence-corrected chi connectivity index (χ2v) is 7.59. The Balaban J connectivity index is 2.53. The molecule has 0 saturated heterocycles. The van der Waals surface area contributed by atoms with Gasteiger partial charge in [0.05, 0.1) is 30.9 Å². The summed E-state index contributed by atoms with van der Waals surface area (Å²) in [5, 5.41) is 38.6. The van der Waals surface area contributed by atoms with E-state index in [0.29, 0.717) is 28.1 Å². The van der Waals surface area contributed by atoms with Gasteiger partial charge in [0, 0.05) is 28.8 Å². The molecule has 2 unspecified atom stereocenters. The highest BCUT2D eigenvalue weighted by Crippen LogP contribution is 2.34. The van der Waals surface area contributed by atoms with E-state index in [1.54, 1.807) is 25.1 Å². The lowest BCUT2D eigenvalue weighted by Crippen LogP contribution is -2.19. The molecule has 162 valence electrons. The number of rotatable bonds is 9. The van der Waals surface area contributed by atoms with Crippen molar-refractivity contribution >= 4 is 12.0 Å². The number of carboxylic acid groups (broad SMARTS) is 1. The lowest BCUT2D eigenvalue weighted by Gasteiger charge is -2.21. The summed E-state index contributed by atoms with van der Waals surface area (Å²) in [6, 6.07) is 5.91. The minimum Gasteiger partial charge on any atom is -0.481 e. The summed E-state index contributed by atoms with van der Waals surface area (Å²) in [6.45, 7) is 5.56. The Morgan fingerprint density at radius 3 is 2.37 bits per heavy atom. The van der Waals surface area contributed by atoms with Crippen LogP contribution in [0.2, 0.25) is 0 Å². The maximum absolute atomic E-state index is 13.4. The normalized spacial score (nSPS) is 13.7. The smallest absolute Gasteiger partial charge is 0.305 e. The van der Waals surface area contributed by atoms with Crippen molar-refractivity contribution in [2.24, 2.45) is 0 Å². The zero-order chi connectivity index (χ0) is 22.4. The average molecular weight is 417 g/mol. The van der Waals surface area contributed by atoms with Crippen LogP contribution in [0.25, 0.3) is 17.3 Å². The number of carboxylic acids is 1. The first-order chi connectivity index (χ1) is 14.1. The largest absolute Gasteiger partial charge is 0.481 e. The average Bonchev–Trinajstić information content (AvgIpc) is 2.65. The molecular weight excluding hydrogens is 389 g/mol. The van der Waals surface area contributed by atoms with Gasteiger partial charge in [0.2, 0.25) is 0 Å². The highest BCUT2D eigenvalue weighted by molar-refractivity contribution is 5.76. The summed E-state index contributed by atoms with van der Waals surface area (Å²) < 4.78 is 13.4. The topological polar surface area (TPSA) is 111 Å². The number of halogens is 1. The summed E-state index contributed by atoms with van der Waals surface area (Å²) in [7, 11) is 0. The highest BCUT2D eigenvalue weighted by Gasteiger charge is 2.20. The predicted octanol–water partition coefficient (Wildman–Crippen LogP) is 3.41. The van der Waals surface area contributed by atoms with Crippen LogP contribution in [0.5, 0.6) is 0 Å². The van der Waals surface area contributed by atoms with Gasteiger partial charge in [-0.05, 0) is 42.7 Å². The van der Waals surface area contributed by atoms with Crippen molar-refractivity contribution in [3.8, 4) is 11.3 Å². The fourth-order valence-corrected chi connectivity index (χ4v) is 3.49. The Hall–Kier alpha value is -2.61. The molecule has 1 heterocycles. The molecule has 2 aromatic rings. The Kier molecular flexibility index (Phi) is 8.23. The van der Waals surface area contributed by atoms with Gasteiger partial charge in [0.15, 0.2) is 0 Å². The van der Waals surface area contributed by atoms with Crippen LogP contribution in [-0.4, -0.2) is 43.6 Å². The van der Waals surface area contributed by atoms with E-state index in [-0.39, 0.29) is 24.8 Å². The molecule has 0 spiro atoms. The van der Waals surface area contributed by atoms with Gasteiger partial charge in [0.25, 0.3) is 0 Å². The van der Waals surface area contributed by atoms with E-state index in [1.165, 1.54) is 18.2 Å². The molecule has 2 rings (SSSR count). The number of aromatic nitrogens is 1. The van der Waals surface area contributed by atoms with Crippen LogP contribution in [0, 0.1) is 12.7 Å². The van der Waals surface area contributed by atoms with Gasteiger partial charge in [-0.2, -0.15) is 0 Å². The monoisotopic (exact) mass is 417 g/mol. The molecule has 0 bridgehead atoms. The van der Waals surface area contributed by atoms with Crippen molar-refractivity contribution in [3.05, 3.63) is 58.5 Å². The molecule has 0 radical (unpaired) electrons. The van der Waals surface area contributed by atoms with Gasteiger partial charge >= 0.3 is 5.97 Å². The number of aliphatic carboxylic acids is 1. The minimum atomic E-state index is -1.17. The van der Waals surface area contributed by atoms with Crippen LogP contribution in [0.15, 0.2) is 30.3 Å². The molecule has 30 heavy (non-hydrogen) atoms. The molecule has 2 atom stereocenters. The molecule has 1 aromatic heterocycles. The predicted molar refractivity (Wildman–Crippen MR) is 112 cm³/mol. The van der Waals surface area contributed by atoms with Gasteiger partial charge < -0.3 is 20.4 Å². The Morgan fingerprint density at radius 2 is 1.83 bits per heavy atom. The van der Waals surface area contributed by atoms with Crippen molar-refractivity contribution in [1.29, 1.82) is 0 Å². The van der Waals surface area contributed by atoms with Gasteiger partial charge in [-0.3, -0.25) is 9.78 Å². The van der Waals surface area contributed by atoms with E-state index in [9.17, 15) is 24.5 Å². The summed E-state index contributed by atoms with van der Waals surface area (Å²) in [4.78, 5) is 15.3. The number of aliphatic hydroxyl groups excluding tert-OH is 3. The fourth-order valence-electron chi connectivity index (χ4n) is 3.49. The number of nitrogens with zero attached hydrogens (tertiary/aromatic N) is 1. The quantitative estimate of drug-likeness (QED) is 0.498. The number of hydrogen-bond acceptors (Lipinski definition) is 5. The van der Waals surface area contributed by atoms with Crippen molar-refractivity contribution < 1.29 is 29.6 Å². The van der Waals surface area contributed by atoms with Crippen LogP contribution in [-0.2, 0) is 11.4 Å². The molecule has 0 amide bonds. The van der Waals surface area contributed by atoms with Crippen LogP contribution in [0.1, 0.15) is 55.0 Å². The summed E-state index contributed by atoms with van der Waals surface area (Å²) in [6.07, 6.45) is 0.309. The van der Waals surface area contributed by atoms with Gasteiger partial charge in [-0.1, -0.05) is 26.0 Å². The molecule has 0 aliphatic rings. The van der Waals surface area contributed by atoms with Crippen molar-refractivity contribution in [2.75, 3.05) is 0 Å². The van der Waals surface area contributed by atoms with Crippen molar-refractivity contribution in [2.45, 2.75) is 58.3 Å². The molecule has 0 aliphatic heterocycles. The van der Waals surface area contributed by atoms with E-state index in [1.807, 2.05) is 13.8 Å². The molecule has 0 fully saturated rings. The summed E-state index contributed by atoms with van der Waals surface area (Å²) in [5.41, 5.74) is 4.16. The Labute approximate surface area is 175 Å². The maximum atomic E-state index is 13.4. The number of hydrogen-bond donors (Lipinski definition) is 4. The van der Waals surface area contributed by atoms with Crippen LogP contribution >= 0.6 is 0 Å². The third kappa shape index (κ3) is 5.95. The van der Waals surface area contributed by atoms with Crippen molar-refractivity contribution in [3.63, 3.8) is 0 Å². The molecular formula is C23H28FNO5. The summed E-state index contributed by atoms with van der Waals surface area (Å²) >= 11 is 0.